The number of hydrogen-bond acceptors (Lipinski definition) is 3. The number of pyridine rings is 1. The van der Waals surface area contributed by atoms with Crippen LogP contribution in [0.3, 0.4) is 0 Å². The molecular formula is C19H20N2O4. The Labute approximate surface area is 144 Å². The van der Waals surface area contributed by atoms with E-state index in [1.54, 1.807) is 36.4 Å². The highest BCUT2D eigenvalue weighted by Crippen LogP contribution is 2.19. The Morgan fingerprint density at radius 2 is 1.88 bits per heavy atom. The number of rotatable bonds is 5. The molecule has 0 bridgehead atoms. The zero-order valence-corrected chi connectivity index (χ0v) is 13.7. The third-order valence-corrected chi connectivity index (χ3v) is 4.55. The fourth-order valence-corrected chi connectivity index (χ4v) is 3.17. The van der Waals surface area contributed by atoms with Crippen molar-refractivity contribution in [3.8, 4) is 0 Å². The van der Waals surface area contributed by atoms with Gasteiger partial charge in [0.05, 0.1) is 5.92 Å². The second kappa shape index (κ2) is 7.34. The Balaban J connectivity index is 1.76. The molecule has 1 heterocycles. The van der Waals surface area contributed by atoms with Crippen molar-refractivity contribution in [3.63, 3.8) is 0 Å². The van der Waals surface area contributed by atoms with Crippen molar-refractivity contribution in [1.29, 1.82) is 0 Å². The van der Waals surface area contributed by atoms with Crippen molar-refractivity contribution in [3.05, 3.63) is 69.1 Å². The van der Waals surface area contributed by atoms with Crippen molar-refractivity contribution in [2.45, 2.75) is 31.6 Å². The van der Waals surface area contributed by atoms with Crippen LogP contribution in [0.1, 0.15) is 45.9 Å². The molecule has 6 heteroatoms. The van der Waals surface area contributed by atoms with E-state index in [1.807, 2.05) is 0 Å². The number of fused-ring (bicyclic) bond motifs is 1. The van der Waals surface area contributed by atoms with E-state index in [9.17, 15) is 19.5 Å². The number of benzene rings is 1. The molecule has 3 N–H and O–H groups in total. The number of hydrogen-bond donors (Lipinski definition) is 3. The molecule has 130 valence electrons. The lowest BCUT2D eigenvalue weighted by Gasteiger charge is -2.17. The molecule has 0 saturated carbocycles. The molecule has 2 aromatic rings. The Kier molecular flexibility index (Phi) is 4.97. The number of aromatic nitrogens is 1. The van der Waals surface area contributed by atoms with Crippen molar-refractivity contribution >= 4 is 11.9 Å². The number of H-pyrrole nitrogens is 1. The first-order valence-corrected chi connectivity index (χ1v) is 8.37. The molecule has 1 aromatic heterocycles. The summed E-state index contributed by atoms with van der Waals surface area (Å²) in [5.41, 5.74) is 2.12. The van der Waals surface area contributed by atoms with Gasteiger partial charge >= 0.3 is 5.97 Å². The standard InChI is InChI=1S/C19H20N2O4/c22-17(14-10-13-8-4-5-9-16(13)21-18(14)23)20-11-15(19(24)25)12-6-2-1-3-7-12/h1-3,6-7,10,15H,4-5,8-9,11H2,(H,20,22)(H,21,23)(H,24,25). The molecule has 1 aliphatic carbocycles. The lowest BCUT2D eigenvalue weighted by atomic mass is 9.95. The van der Waals surface area contributed by atoms with Gasteiger partial charge in [0.25, 0.3) is 11.5 Å². The monoisotopic (exact) mass is 340 g/mol. The van der Waals surface area contributed by atoms with E-state index in [0.29, 0.717) is 5.56 Å². The second-order valence-corrected chi connectivity index (χ2v) is 6.23. The van der Waals surface area contributed by atoms with Crippen LogP contribution in [0.5, 0.6) is 0 Å². The number of aliphatic carboxylic acids is 1. The molecule has 6 nitrogen and oxygen atoms in total. The Morgan fingerprint density at radius 3 is 2.60 bits per heavy atom. The second-order valence-electron chi connectivity index (χ2n) is 6.23. The zero-order valence-electron chi connectivity index (χ0n) is 13.7. The van der Waals surface area contributed by atoms with Crippen LogP contribution in [0, 0.1) is 0 Å². The largest absolute Gasteiger partial charge is 0.481 e. The Morgan fingerprint density at radius 1 is 1.16 bits per heavy atom. The lowest BCUT2D eigenvalue weighted by Crippen LogP contribution is -2.35. The molecular weight excluding hydrogens is 320 g/mol. The Bertz CT molecular complexity index is 842. The van der Waals surface area contributed by atoms with Gasteiger partial charge in [-0.25, -0.2) is 0 Å². The minimum atomic E-state index is -1.02. The summed E-state index contributed by atoms with van der Waals surface area (Å²) in [4.78, 5) is 38.8. The predicted molar refractivity (Wildman–Crippen MR) is 92.9 cm³/mol. The summed E-state index contributed by atoms with van der Waals surface area (Å²) in [7, 11) is 0. The van der Waals surface area contributed by atoms with E-state index < -0.39 is 23.4 Å². The number of carbonyl (C=O) groups excluding carboxylic acids is 1. The van der Waals surface area contributed by atoms with Crippen LogP contribution in [0.25, 0.3) is 0 Å². The summed E-state index contributed by atoms with van der Waals surface area (Å²) in [6.07, 6.45) is 3.73. The normalized spacial score (nSPS) is 14.4. The number of amides is 1. The number of aryl methyl sites for hydroxylation is 2. The molecule has 0 fully saturated rings. The quantitative estimate of drug-likeness (QED) is 0.773. The van der Waals surface area contributed by atoms with E-state index in [-0.39, 0.29) is 12.1 Å². The Hall–Kier alpha value is -2.89. The minimum absolute atomic E-state index is 0.0397. The van der Waals surface area contributed by atoms with Crippen LogP contribution < -0.4 is 10.9 Å². The molecule has 0 saturated heterocycles. The molecule has 25 heavy (non-hydrogen) atoms. The summed E-state index contributed by atoms with van der Waals surface area (Å²) in [6.45, 7) is -0.0747. The van der Waals surface area contributed by atoms with Crippen LogP contribution in [-0.4, -0.2) is 28.5 Å². The predicted octanol–water partition coefficient (Wildman–Crippen LogP) is 1.85. The van der Waals surface area contributed by atoms with Crippen molar-refractivity contribution < 1.29 is 14.7 Å². The molecule has 3 rings (SSSR count). The van der Waals surface area contributed by atoms with Gasteiger partial charge in [0.1, 0.15) is 5.56 Å². The average Bonchev–Trinajstić information content (AvgIpc) is 2.61. The van der Waals surface area contributed by atoms with Crippen LogP contribution in [0.15, 0.2) is 41.2 Å². The van der Waals surface area contributed by atoms with Crippen molar-refractivity contribution in [1.82, 2.24) is 10.3 Å². The first kappa shape index (κ1) is 17.0. The fraction of sp³-hybridized carbons (Fsp3) is 0.316. The van der Waals surface area contributed by atoms with Gasteiger partial charge < -0.3 is 15.4 Å². The third-order valence-electron chi connectivity index (χ3n) is 4.55. The first-order chi connectivity index (χ1) is 12.1. The molecule has 0 aliphatic heterocycles. The lowest BCUT2D eigenvalue weighted by molar-refractivity contribution is -0.138. The van der Waals surface area contributed by atoms with E-state index in [2.05, 4.69) is 10.3 Å². The first-order valence-electron chi connectivity index (χ1n) is 8.37. The molecule has 0 radical (unpaired) electrons. The van der Waals surface area contributed by atoms with Crippen molar-refractivity contribution in [2.75, 3.05) is 6.54 Å². The van der Waals surface area contributed by atoms with Crippen molar-refractivity contribution in [2.24, 2.45) is 0 Å². The maximum atomic E-state index is 12.4. The van der Waals surface area contributed by atoms with Crippen LogP contribution in [0.2, 0.25) is 0 Å². The van der Waals surface area contributed by atoms with Gasteiger partial charge in [-0.1, -0.05) is 30.3 Å². The molecule has 1 amide bonds. The zero-order chi connectivity index (χ0) is 17.8. The number of carboxylic acids is 1. The van der Waals surface area contributed by atoms with Gasteiger partial charge in [-0.2, -0.15) is 0 Å². The van der Waals surface area contributed by atoms with Gasteiger partial charge in [-0.3, -0.25) is 14.4 Å². The topological polar surface area (TPSA) is 99.3 Å². The summed E-state index contributed by atoms with van der Waals surface area (Å²) in [5, 5.41) is 12.0. The maximum absolute atomic E-state index is 12.4. The minimum Gasteiger partial charge on any atom is -0.481 e. The summed E-state index contributed by atoms with van der Waals surface area (Å²) < 4.78 is 0. The molecule has 0 spiro atoms. The van der Waals surface area contributed by atoms with Crippen LogP contribution in [-0.2, 0) is 17.6 Å². The van der Waals surface area contributed by atoms with E-state index in [1.165, 1.54) is 0 Å². The van der Waals surface area contributed by atoms with Gasteiger partial charge in [0.2, 0.25) is 0 Å². The summed E-state index contributed by atoms with van der Waals surface area (Å²) >= 11 is 0. The smallest absolute Gasteiger partial charge is 0.312 e. The molecule has 1 unspecified atom stereocenters. The summed E-state index contributed by atoms with van der Waals surface area (Å²) in [6, 6.07) is 10.4. The average molecular weight is 340 g/mol. The van der Waals surface area contributed by atoms with Crippen LogP contribution >= 0.6 is 0 Å². The highest BCUT2D eigenvalue weighted by atomic mass is 16.4. The fourth-order valence-electron chi connectivity index (χ4n) is 3.17. The number of carbonyl (C=O) groups is 2. The highest BCUT2D eigenvalue weighted by Gasteiger charge is 2.22. The van der Waals surface area contributed by atoms with Gasteiger partial charge in [-0.15, -0.1) is 0 Å². The molecule has 1 aromatic carbocycles. The summed E-state index contributed by atoms with van der Waals surface area (Å²) in [5.74, 6) is -2.43. The van der Waals surface area contributed by atoms with E-state index in [4.69, 9.17) is 0 Å². The molecule has 1 aliphatic rings. The number of aromatic amines is 1. The number of carboxylic acid groups (broad SMARTS) is 1. The van der Waals surface area contributed by atoms with Gasteiger partial charge in [0.15, 0.2) is 0 Å². The van der Waals surface area contributed by atoms with E-state index >= 15 is 0 Å². The van der Waals surface area contributed by atoms with Gasteiger partial charge in [-0.05, 0) is 42.9 Å². The maximum Gasteiger partial charge on any atom is 0.312 e. The van der Waals surface area contributed by atoms with Gasteiger partial charge in [0, 0.05) is 12.2 Å². The third kappa shape index (κ3) is 3.79. The van der Waals surface area contributed by atoms with E-state index in [0.717, 1.165) is 36.9 Å². The highest BCUT2D eigenvalue weighted by molar-refractivity contribution is 5.94. The molecule has 1 atom stereocenters. The number of nitrogens with one attached hydrogen (secondary N) is 2. The van der Waals surface area contributed by atoms with Crippen LogP contribution in [0.4, 0.5) is 0 Å². The SMILES string of the molecule is O=C(NCC(C(=O)O)c1ccccc1)c1cc2c([nH]c1=O)CCCC2.